The molecule has 2 rings (SSSR count). The van der Waals surface area contributed by atoms with E-state index in [2.05, 4.69) is 4.98 Å². The summed E-state index contributed by atoms with van der Waals surface area (Å²) in [5, 5.41) is 0. The first kappa shape index (κ1) is 12.6. The average Bonchev–Trinajstić information content (AvgIpc) is 2.94. The lowest BCUT2D eigenvalue weighted by Crippen LogP contribution is -2.35. The third kappa shape index (κ3) is 2.54. The molecule has 0 saturated carbocycles. The van der Waals surface area contributed by atoms with Crippen LogP contribution in [0.5, 0.6) is 0 Å². The Morgan fingerprint density at radius 1 is 1.44 bits per heavy atom. The van der Waals surface area contributed by atoms with E-state index >= 15 is 0 Å². The fraction of sp³-hybridized carbons (Fsp3) is 0.231. The van der Waals surface area contributed by atoms with Gasteiger partial charge in [-0.3, -0.25) is 9.69 Å². The van der Waals surface area contributed by atoms with E-state index in [0.717, 1.165) is 0 Å². The van der Waals surface area contributed by atoms with E-state index in [-0.39, 0.29) is 17.8 Å². The van der Waals surface area contributed by atoms with Crippen LogP contribution in [-0.4, -0.2) is 16.8 Å². The maximum atomic E-state index is 12.0. The van der Waals surface area contributed by atoms with Gasteiger partial charge in [-0.1, -0.05) is 6.07 Å². The van der Waals surface area contributed by atoms with Crippen LogP contribution < -0.4 is 4.90 Å². The molecule has 0 aliphatic heterocycles. The van der Waals surface area contributed by atoms with Gasteiger partial charge < -0.3 is 4.42 Å². The minimum Gasteiger partial charge on any atom is -0.467 e. The third-order valence-corrected chi connectivity index (χ3v) is 2.85. The second-order valence-corrected chi connectivity index (χ2v) is 4.04. The number of halogens is 1. The van der Waals surface area contributed by atoms with Crippen molar-refractivity contribution in [3.63, 3.8) is 0 Å². The Morgan fingerprint density at radius 2 is 2.28 bits per heavy atom. The molecule has 0 spiro atoms. The monoisotopic (exact) mass is 264 g/mol. The Bertz CT molecular complexity index is 499. The number of rotatable bonds is 4. The Balaban J connectivity index is 2.35. The highest BCUT2D eigenvalue weighted by Gasteiger charge is 2.25. The van der Waals surface area contributed by atoms with Gasteiger partial charge in [-0.25, -0.2) is 4.98 Å². The zero-order valence-electron chi connectivity index (χ0n) is 9.91. The van der Waals surface area contributed by atoms with E-state index in [4.69, 9.17) is 16.0 Å². The van der Waals surface area contributed by atoms with Crippen molar-refractivity contribution in [2.45, 2.75) is 13.0 Å². The van der Waals surface area contributed by atoms with E-state index < -0.39 is 0 Å². The van der Waals surface area contributed by atoms with Crippen LogP contribution >= 0.6 is 11.6 Å². The predicted octanol–water partition coefficient (Wildman–Crippen LogP) is 3.01. The van der Waals surface area contributed by atoms with E-state index in [1.54, 1.807) is 30.7 Å². The number of anilines is 1. The number of carbonyl (C=O) groups excluding carboxylic acids is 1. The van der Waals surface area contributed by atoms with Crippen molar-refractivity contribution < 1.29 is 9.21 Å². The Hall–Kier alpha value is -1.81. The number of hydrogen-bond donors (Lipinski definition) is 0. The van der Waals surface area contributed by atoms with Gasteiger partial charge in [0.2, 0.25) is 5.91 Å². The van der Waals surface area contributed by atoms with Gasteiger partial charge in [-0.15, -0.1) is 11.6 Å². The lowest BCUT2D eigenvalue weighted by molar-refractivity contribution is -0.116. The first-order valence-corrected chi connectivity index (χ1v) is 6.10. The molecular weight excluding hydrogens is 252 g/mol. The lowest BCUT2D eigenvalue weighted by Gasteiger charge is -2.26. The summed E-state index contributed by atoms with van der Waals surface area (Å²) in [5.41, 5.74) is 0. The molecule has 1 atom stereocenters. The minimum atomic E-state index is -0.249. The van der Waals surface area contributed by atoms with Crippen LogP contribution in [0, 0.1) is 0 Å². The van der Waals surface area contributed by atoms with Crippen LogP contribution in [0.25, 0.3) is 0 Å². The van der Waals surface area contributed by atoms with Gasteiger partial charge in [0.1, 0.15) is 17.5 Å². The highest BCUT2D eigenvalue weighted by atomic mass is 35.5. The number of nitrogens with zero attached hydrogens (tertiary/aromatic N) is 2. The summed E-state index contributed by atoms with van der Waals surface area (Å²) >= 11 is 5.65. The number of alkyl halides is 1. The summed E-state index contributed by atoms with van der Waals surface area (Å²) in [5.74, 6) is 0.951. The van der Waals surface area contributed by atoms with Crippen molar-refractivity contribution in [1.29, 1.82) is 0 Å². The first-order valence-electron chi connectivity index (χ1n) is 5.56. The van der Waals surface area contributed by atoms with Crippen LogP contribution in [0.3, 0.4) is 0 Å². The van der Waals surface area contributed by atoms with Crippen LogP contribution in [-0.2, 0) is 4.79 Å². The van der Waals surface area contributed by atoms with Gasteiger partial charge in [-0.05, 0) is 31.2 Å². The fourth-order valence-corrected chi connectivity index (χ4v) is 1.89. The molecule has 2 heterocycles. The number of aromatic nitrogens is 1. The SMILES string of the molecule is C[C@@H](c1ccco1)N(C(=O)CCl)c1ccccn1. The molecule has 0 unspecified atom stereocenters. The zero-order valence-corrected chi connectivity index (χ0v) is 10.7. The molecule has 0 bridgehead atoms. The summed E-state index contributed by atoms with van der Waals surface area (Å²) in [6, 6.07) is 8.75. The van der Waals surface area contributed by atoms with Crippen molar-refractivity contribution in [3.05, 3.63) is 48.6 Å². The third-order valence-electron chi connectivity index (χ3n) is 2.62. The summed E-state index contributed by atoms with van der Waals surface area (Å²) in [6.07, 6.45) is 3.21. The van der Waals surface area contributed by atoms with Crippen molar-refractivity contribution in [2.75, 3.05) is 10.8 Å². The molecule has 5 heteroatoms. The summed E-state index contributed by atoms with van der Waals surface area (Å²) < 4.78 is 5.33. The smallest absolute Gasteiger partial charge is 0.243 e. The topological polar surface area (TPSA) is 46.3 Å². The van der Waals surface area contributed by atoms with Crippen molar-refractivity contribution >= 4 is 23.3 Å². The molecule has 0 fully saturated rings. The molecular formula is C13H13ClN2O2. The second kappa shape index (κ2) is 5.69. The molecule has 18 heavy (non-hydrogen) atoms. The van der Waals surface area contributed by atoms with E-state index in [9.17, 15) is 4.79 Å². The number of hydrogen-bond acceptors (Lipinski definition) is 3. The van der Waals surface area contributed by atoms with Gasteiger partial charge in [-0.2, -0.15) is 0 Å². The molecule has 0 saturated heterocycles. The maximum absolute atomic E-state index is 12.0. The maximum Gasteiger partial charge on any atom is 0.243 e. The standard InChI is InChI=1S/C13H13ClN2O2/c1-10(11-5-4-8-18-11)16(13(17)9-14)12-6-2-3-7-15-12/h2-8,10H,9H2,1H3/t10-/m0/s1. The van der Waals surface area contributed by atoms with Gasteiger partial charge in [0.15, 0.2) is 0 Å². The number of furan rings is 1. The molecule has 0 N–H and O–H groups in total. The molecule has 1 amide bonds. The number of carbonyl (C=O) groups is 1. The molecule has 0 radical (unpaired) electrons. The molecule has 4 nitrogen and oxygen atoms in total. The van der Waals surface area contributed by atoms with Crippen molar-refractivity contribution in [2.24, 2.45) is 0 Å². The van der Waals surface area contributed by atoms with Crippen LogP contribution in [0.1, 0.15) is 18.7 Å². The second-order valence-electron chi connectivity index (χ2n) is 3.78. The van der Waals surface area contributed by atoms with Crippen LogP contribution in [0.4, 0.5) is 5.82 Å². The van der Waals surface area contributed by atoms with Crippen molar-refractivity contribution in [3.8, 4) is 0 Å². The lowest BCUT2D eigenvalue weighted by atomic mass is 10.2. The largest absolute Gasteiger partial charge is 0.467 e. The van der Waals surface area contributed by atoms with Gasteiger partial charge >= 0.3 is 0 Å². The van der Waals surface area contributed by atoms with Gasteiger partial charge in [0.05, 0.1) is 12.3 Å². The van der Waals surface area contributed by atoms with Crippen LogP contribution in [0.15, 0.2) is 47.2 Å². The van der Waals surface area contributed by atoms with Crippen molar-refractivity contribution in [1.82, 2.24) is 4.98 Å². The zero-order chi connectivity index (χ0) is 13.0. The highest BCUT2D eigenvalue weighted by molar-refractivity contribution is 6.29. The summed E-state index contributed by atoms with van der Waals surface area (Å²) in [6.45, 7) is 1.87. The minimum absolute atomic E-state index is 0.0956. The predicted molar refractivity (Wildman–Crippen MR) is 69.6 cm³/mol. The molecule has 2 aromatic rings. The highest BCUT2D eigenvalue weighted by Crippen LogP contribution is 2.25. The Morgan fingerprint density at radius 3 is 2.83 bits per heavy atom. The van der Waals surface area contributed by atoms with Gasteiger partial charge in [0, 0.05) is 6.20 Å². The molecule has 0 aromatic carbocycles. The molecule has 0 aliphatic carbocycles. The van der Waals surface area contributed by atoms with Crippen LogP contribution in [0.2, 0.25) is 0 Å². The molecule has 94 valence electrons. The first-order chi connectivity index (χ1) is 8.74. The quantitative estimate of drug-likeness (QED) is 0.798. The normalized spacial score (nSPS) is 12.1. The number of amides is 1. The Kier molecular flexibility index (Phi) is 3.99. The fourth-order valence-electron chi connectivity index (χ4n) is 1.76. The van der Waals surface area contributed by atoms with E-state index in [1.807, 2.05) is 19.1 Å². The van der Waals surface area contributed by atoms with E-state index in [0.29, 0.717) is 11.6 Å². The average molecular weight is 265 g/mol. The summed E-state index contributed by atoms with van der Waals surface area (Å²) in [7, 11) is 0. The number of pyridine rings is 1. The van der Waals surface area contributed by atoms with Gasteiger partial charge in [0.25, 0.3) is 0 Å². The molecule has 0 aliphatic rings. The molecule has 2 aromatic heterocycles. The van der Waals surface area contributed by atoms with E-state index in [1.165, 1.54) is 4.90 Å². The Labute approximate surface area is 110 Å². The summed E-state index contributed by atoms with van der Waals surface area (Å²) in [4.78, 5) is 17.7.